The van der Waals surface area contributed by atoms with Gasteiger partial charge < -0.3 is 15.8 Å². The molecule has 7 nitrogen and oxygen atoms in total. The number of carbonyl (C=O) groups excluding carboxylic acids is 3. The number of hydrogen-bond donors (Lipinski definition) is 2. The molecule has 1 atom stereocenters. The number of rotatable bonds is 6. The van der Waals surface area contributed by atoms with Crippen molar-refractivity contribution in [2.45, 2.75) is 18.9 Å². The smallest absolute Gasteiger partial charge is 0.305 e. The van der Waals surface area contributed by atoms with E-state index in [4.69, 9.17) is 5.73 Å². The second-order valence-electron chi connectivity index (χ2n) is 4.93. The number of benzene rings is 1. The van der Waals surface area contributed by atoms with Crippen LogP contribution >= 0.6 is 0 Å². The molecule has 120 valence electrons. The minimum Gasteiger partial charge on any atom is -0.469 e. The number of amides is 2. The van der Waals surface area contributed by atoms with Gasteiger partial charge in [-0.3, -0.25) is 14.4 Å². The standard InChI is InChI=1S/C16H17N3O4/c1-23-14(20)9-8-12(15(17)21)19-16(22)13-7-6-10-4-2-3-5-11(10)18-13/h2-7,12H,8-9H2,1H3,(H2,17,21)(H,19,22)/t12-/m0/s1. The van der Waals surface area contributed by atoms with Gasteiger partial charge in [0.15, 0.2) is 0 Å². The van der Waals surface area contributed by atoms with E-state index in [-0.39, 0.29) is 18.5 Å². The van der Waals surface area contributed by atoms with Crippen molar-refractivity contribution < 1.29 is 19.1 Å². The normalized spacial score (nSPS) is 11.7. The maximum Gasteiger partial charge on any atom is 0.305 e. The van der Waals surface area contributed by atoms with E-state index in [2.05, 4.69) is 15.0 Å². The fraction of sp³-hybridized carbons (Fsp3) is 0.250. The molecule has 0 unspecified atom stereocenters. The summed E-state index contributed by atoms with van der Waals surface area (Å²) >= 11 is 0. The molecule has 1 aromatic heterocycles. The molecule has 0 fully saturated rings. The number of para-hydroxylation sites is 1. The third kappa shape index (κ3) is 4.26. The number of methoxy groups -OCH3 is 1. The fourth-order valence-electron chi connectivity index (χ4n) is 2.07. The van der Waals surface area contributed by atoms with Crippen molar-refractivity contribution in [1.29, 1.82) is 0 Å². The lowest BCUT2D eigenvalue weighted by Crippen LogP contribution is -2.44. The number of carbonyl (C=O) groups is 3. The van der Waals surface area contributed by atoms with Crippen molar-refractivity contribution >= 4 is 28.7 Å². The largest absolute Gasteiger partial charge is 0.469 e. The Balaban J connectivity index is 2.10. The summed E-state index contributed by atoms with van der Waals surface area (Å²) in [7, 11) is 1.25. The van der Waals surface area contributed by atoms with Gasteiger partial charge >= 0.3 is 5.97 Å². The van der Waals surface area contributed by atoms with Gasteiger partial charge in [-0.2, -0.15) is 0 Å². The molecule has 1 heterocycles. The van der Waals surface area contributed by atoms with Gasteiger partial charge in [-0.15, -0.1) is 0 Å². The van der Waals surface area contributed by atoms with E-state index in [1.165, 1.54) is 7.11 Å². The molecule has 2 aromatic rings. The molecule has 3 N–H and O–H groups in total. The summed E-state index contributed by atoms with van der Waals surface area (Å²) in [6.07, 6.45) is 0.0524. The zero-order valence-electron chi connectivity index (χ0n) is 12.6. The maximum atomic E-state index is 12.2. The average Bonchev–Trinajstić information content (AvgIpc) is 2.57. The van der Waals surface area contributed by atoms with Gasteiger partial charge in [0.1, 0.15) is 11.7 Å². The Kier molecular flexibility index (Phi) is 5.24. The lowest BCUT2D eigenvalue weighted by molar-refractivity contribution is -0.140. The van der Waals surface area contributed by atoms with Crippen molar-refractivity contribution in [3.8, 4) is 0 Å². The first kappa shape index (κ1) is 16.4. The van der Waals surface area contributed by atoms with Gasteiger partial charge in [-0.05, 0) is 18.6 Å². The van der Waals surface area contributed by atoms with Crippen LogP contribution in [0, 0.1) is 0 Å². The summed E-state index contributed by atoms with van der Waals surface area (Å²) in [6, 6.07) is 9.73. The highest BCUT2D eigenvalue weighted by molar-refractivity contribution is 5.97. The first-order chi connectivity index (χ1) is 11.0. The summed E-state index contributed by atoms with van der Waals surface area (Å²) < 4.78 is 4.50. The predicted molar refractivity (Wildman–Crippen MR) is 83.4 cm³/mol. The third-order valence-corrected chi connectivity index (χ3v) is 3.34. The number of fused-ring (bicyclic) bond motifs is 1. The summed E-state index contributed by atoms with van der Waals surface area (Å²) in [5, 5.41) is 3.40. The number of ether oxygens (including phenoxy) is 1. The summed E-state index contributed by atoms with van der Waals surface area (Å²) in [4.78, 5) is 39.0. The molecular formula is C16H17N3O4. The number of aromatic nitrogens is 1. The molecule has 2 rings (SSSR count). The number of esters is 1. The predicted octanol–water partition coefficient (Wildman–Crippen LogP) is 0.772. The van der Waals surface area contributed by atoms with E-state index in [1.54, 1.807) is 18.2 Å². The van der Waals surface area contributed by atoms with E-state index in [0.717, 1.165) is 5.39 Å². The SMILES string of the molecule is COC(=O)CC[C@H](NC(=O)c1ccc2ccccc2n1)C(N)=O. The highest BCUT2D eigenvalue weighted by Gasteiger charge is 2.21. The van der Waals surface area contributed by atoms with E-state index in [9.17, 15) is 14.4 Å². The van der Waals surface area contributed by atoms with Gasteiger partial charge in [-0.1, -0.05) is 24.3 Å². The van der Waals surface area contributed by atoms with Crippen LogP contribution in [0.2, 0.25) is 0 Å². The van der Waals surface area contributed by atoms with Crippen LogP contribution in [0.3, 0.4) is 0 Å². The molecule has 0 aliphatic rings. The molecule has 2 amide bonds. The Labute approximate surface area is 132 Å². The number of nitrogens with zero attached hydrogens (tertiary/aromatic N) is 1. The zero-order valence-corrected chi connectivity index (χ0v) is 12.6. The van der Waals surface area contributed by atoms with Gasteiger partial charge in [0, 0.05) is 11.8 Å². The van der Waals surface area contributed by atoms with E-state index in [0.29, 0.717) is 5.52 Å². The first-order valence-corrected chi connectivity index (χ1v) is 7.04. The van der Waals surface area contributed by atoms with Crippen LogP contribution in [0.1, 0.15) is 23.3 Å². The van der Waals surface area contributed by atoms with E-state index < -0.39 is 23.8 Å². The van der Waals surface area contributed by atoms with Crippen LogP contribution in [0.4, 0.5) is 0 Å². The molecule has 0 spiro atoms. The van der Waals surface area contributed by atoms with Crippen molar-refractivity contribution in [1.82, 2.24) is 10.3 Å². The number of primary amides is 1. The molecule has 0 radical (unpaired) electrons. The van der Waals surface area contributed by atoms with Crippen LogP contribution in [-0.4, -0.2) is 35.9 Å². The molecule has 23 heavy (non-hydrogen) atoms. The molecular weight excluding hydrogens is 298 g/mol. The van der Waals surface area contributed by atoms with Crippen molar-refractivity contribution in [3.63, 3.8) is 0 Å². The van der Waals surface area contributed by atoms with Crippen LogP contribution in [0.25, 0.3) is 10.9 Å². The molecule has 0 saturated heterocycles. The topological polar surface area (TPSA) is 111 Å². The highest BCUT2D eigenvalue weighted by Crippen LogP contribution is 2.12. The Morgan fingerprint density at radius 2 is 1.96 bits per heavy atom. The second kappa shape index (κ2) is 7.35. The minimum atomic E-state index is -0.963. The Morgan fingerprint density at radius 1 is 1.22 bits per heavy atom. The molecule has 7 heteroatoms. The molecule has 0 bridgehead atoms. The van der Waals surface area contributed by atoms with Gasteiger partial charge in [-0.25, -0.2) is 4.98 Å². The van der Waals surface area contributed by atoms with Gasteiger partial charge in [0.05, 0.1) is 12.6 Å². The Bertz CT molecular complexity index is 745. The number of pyridine rings is 1. The summed E-state index contributed by atoms with van der Waals surface area (Å²) in [5.74, 6) is -1.72. The maximum absolute atomic E-state index is 12.2. The molecule has 0 aliphatic carbocycles. The number of nitrogens with two attached hydrogens (primary N) is 1. The monoisotopic (exact) mass is 315 g/mol. The van der Waals surface area contributed by atoms with Crippen LogP contribution in [0.5, 0.6) is 0 Å². The van der Waals surface area contributed by atoms with Crippen molar-refractivity contribution in [2.75, 3.05) is 7.11 Å². The van der Waals surface area contributed by atoms with Gasteiger partial charge in [0.2, 0.25) is 5.91 Å². The van der Waals surface area contributed by atoms with Crippen molar-refractivity contribution in [3.05, 3.63) is 42.1 Å². The quantitative estimate of drug-likeness (QED) is 0.765. The third-order valence-electron chi connectivity index (χ3n) is 3.34. The molecule has 1 aromatic carbocycles. The lowest BCUT2D eigenvalue weighted by Gasteiger charge is -2.14. The fourth-order valence-corrected chi connectivity index (χ4v) is 2.07. The number of nitrogens with one attached hydrogen (secondary N) is 1. The zero-order chi connectivity index (χ0) is 16.8. The second-order valence-corrected chi connectivity index (χ2v) is 4.93. The highest BCUT2D eigenvalue weighted by atomic mass is 16.5. The minimum absolute atomic E-state index is 0.0183. The van der Waals surface area contributed by atoms with Crippen molar-refractivity contribution in [2.24, 2.45) is 5.73 Å². The summed E-state index contributed by atoms with van der Waals surface area (Å²) in [5.41, 5.74) is 6.10. The van der Waals surface area contributed by atoms with Gasteiger partial charge in [0.25, 0.3) is 5.91 Å². The molecule has 0 saturated carbocycles. The number of hydrogen-bond acceptors (Lipinski definition) is 5. The average molecular weight is 315 g/mol. The van der Waals surface area contributed by atoms with Crippen LogP contribution in [0.15, 0.2) is 36.4 Å². The first-order valence-electron chi connectivity index (χ1n) is 7.04. The van der Waals surface area contributed by atoms with E-state index in [1.807, 2.05) is 18.2 Å². The molecule has 0 aliphatic heterocycles. The Morgan fingerprint density at radius 3 is 2.65 bits per heavy atom. The van der Waals surface area contributed by atoms with E-state index >= 15 is 0 Å². The Hall–Kier alpha value is -2.96. The van der Waals surface area contributed by atoms with Crippen LogP contribution < -0.4 is 11.1 Å². The van der Waals surface area contributed by atoms with Crippen LogP contribution in [-0.2, 0) is 14.3 Å². The summed E-state index contributed by atoms with van der Waals surface area (Å²) in [6.45, 7) is 0. The lowest BCUT2D eigenvalue weighted by atomic mass is 10.1.